The van der Waals surface area contributed by atoms with Crippen LogP contribution in [0.2, 0.25) is 10.0 Å². The molecule has 2 heterocycles. The van der Waals surface area contributed by atoms with Gasteiger partial charge < -0.3 is 5.73 Å². The van der Waals surface area contributed by atoms with Gasteiger partial charge in [-0.2, -0.15) is 0 Å². The van der Waals surface area contributed by atoms with Crippen molar-refractivity contribution in [1.82, 2.24) is 9.38 Å². The number of rotatable bonds is 2. The minimum atomic E-state index is 0.504. The van der Waals surface area contributed by atoms with Crippen molar-refractivity contribution < 1.29 is 0 Å². The lowest BCUT2D eigenvalue weighted by molar-refractivity contribution is 1.13. The Kier molecular flexibility index (Phi) is 2.88. The van der Waals surface area contributed by atoms with Gasteiger partial charge in [-0.25, -0.2) is 4.98 Å². The van der Waals surface area contributed by atoms with E-state index in [0.29, 0.717) is 27.4 Å². The van der Waals surface area contributed by atoms with Crippen LogP contribution in [0.3, 0.4) is 0 Å². The van der Waals surface area contributed by atoms with Gasteiger partial charge >= 0.3 is 0 Å². The second kappa shape index (κ2) is 4.65. The number of anilines is 1. The van der Waals surface area contributed by atoms with Crippen LogP contribution in [-0.4, -0.2) is 9.38 Å². The molecule has 0 radical (unpaired) electrons. The van der Waals surface area contributed by atoms with Gasteiger partial charge in [-0.15, -0.1) is 0 Å². The normalized spacial score (nSPS) is 14.8. The number of fused-ring (bicyclic) bond motifs is 1. The minimum Gasteiger partial charge on any atom is -0.383 e. The van der Waals surface area contributed by atoms with Gasteiger partial charge in [0.15, 0.2) is 5.65 Å². The lowest BCUT2D eigenvalue weighted by Crippen LogP contribution is -1.95. The second-order valence-electron chi connectivity index (χ2n) is 5.41. The molecule has 1 aromatic carbocycles. The first-order chi connectivity index (χ1) is 10.1. The zero-order valence-corrected chi connectivity index (χ0v) is 12.7. The quantitative estimate of drug-likeness (QED) is 0.740. The van der Waals surface area contributed by atoms with E-state index in [2.05, 4.69) is 23.2 Å². The molecule has 4 rings (SSSR count). The molecule has 0 bridgehead atoms. The van der Waals surface area contributed by atoms with E-state index in [9.17, 15) is 0 Å². The van der Waals surface area contributed by atoms with Gasteiger partial charge in [-0.1, -0.05) is 47.5 Å². The first kappa shape index (κ1) is 13.0. The lowest BCUT2D eigenvalue weighted by atomic mass is 10.0. The first-order valence-electron chi connectivity index (χ1n) is 6.87. The third kappa shape index (κ3) is 2.08. The Hall–Kier alpha value is -1.71. The Labute approximate surface area is 132 Å². The molecule has 1 aliphatic carbocycles. The van der Waals surface area contributed by atoms with E-state index in [-0.39, 0.29) is 0 Å². The van der Waals surface area contributed by atoms with Crippen LogP contribution in [-0.2, 0) is 0 Å². The van der Waals surface area contributed by atoms with Gasteiger partial charge in [0.2, 0.25) is 0 Å². The van der Waals surface area contributed by atoms with Gasteiger partial charge in [-0.3, -0.25) is 4.40 Å². The molecule has 0 unspecified atom stereocenters. The predicted molar refractivity (Wildman–Crippen MR) is 87.0 cm³/mol. The lowest BCUT2D eigenvalue weighted by Gasteiger charge is -2.06. The topological polar surface area (TPSA) is 43.3 Å². The number of nitrogens with two attached hydrogens (primary N) is 1. The molecule has 3 nitrogen and oxygen atoms in total. The standard InChI is InChI=1S/C16H13Cl2N3/c17-10-7-13(18)16-20-14(15(19)21(16)8-10)12-4-2-1-3-11(12)9-5-6-9/h1-4,7-9H,5-6,19H2. The van der Waals surface area contributed by atoms with Crippen molar-refractivity contribution in [3.63, 3.8) is 0 Å². The molecule has 0 aliphatic heterocycles. The van der Waals surface area contributed by atoms with E-state index in [1.807, 2.05) is 6.07 Å². The third-order valence-electron chi connectivity index (χ3n) is 3.91. The molecule has 21 heavy (non-hydrogen) atoms. The van der Waals surface area contributed by atoms with Crippen LogP contribution in [0.15, 0.2) is 36.5 Å². The van der Waals surface area contributed by atoms with Crippen molar-refractivity contribution in [2.45, 2.75) is 18.8 Å². The van der Waals surface area contributed by atoms with E-state index in [1.54, 1.807) is 16.7 Å². The smallest absolute Gasteiger partial charge is 0.158 e. The van der Waals surface area contributed by atoms with Crippen LogP contribution in [0.5, 0.6) is 0 Å². The third-order valence-corrected chi connectivity index (χ3v) is 4.40. The van der Waals surface area contributed by atoms with E-state index in [4.69, 9.17) is 28.9 Å². The highest BCUT2D eigenvalue weighted by atomic mass is 35.5. The number of aromatic nitrogens is 2. The SMILES string of the molecule is Nc1c(-c2ccccc2C2CC2)nc2c(Cl)cc(Cl)cn12. The number of benzene rings is 1. The Bertz CT molecular complexity index is 850. The molecule has 106 valence electrons. The summed E-state index contributed by atoms with van der Waals surface area (Å²) in [5.41, 5.74) is 10.1. The van der Waals surface area contributed by atoms with Crippen LogP contribution in [0, 0.1) is 0 Å². The van der Waals surface area contributed by atoms with Gasteiger partial charge in [0.1, 0.15) is 11.5 Å². The molecule has 2 N–H and O–H groups in total. The molecule has 0 spiro atoms. The highest BCUT2D eigenvalue weighted by Crippen LogP contribution is 2.45. The monoisotopic (exact) mass is 317 g/mol. The Morgan fingerprint density at radius 1 is 1.19 bits per heavy atom. The van der Waals surface area contributed by atoms with E-state index >= 15 is 0 Å². The molecule has 1 saturated carbocycles. The number of imidazole rings is 1. The molecule has 2 aromatic heterocycles. The molecular weight excluding hydrogens is 305 g/mol. The van der Waals surface area contributed by atoms with Gasteiger partial charge in [0.05, 0.1) is 10.0 Å². The van der Waals surface area contributed by atoms with Gasteiger partial charge in [0, 0.05) is 11.8 Å². The molecule has 1 fully saturated rings. The van der Waals surface area contributed by atoms with Crippen molar-refractivity contribution in [1.29, 1.82) is 0 Å². The van der Waals surface area contributed by atoms with Crippen molar-refractivity contribution in [2.75, 3.05) is 5.73 Å². The van der Waals surface area contributed by atoms with Crippen molar-refractivity contribution in [3.05, 3.63) is 52.1 Å². The average Bonchev–Trinajstić information content (AvgIpc) is 3.25. The molecule has 0 saturated heterocycles. The van der Waals surface area contributed by atoms with Crippen molar-refractivity contribution in [3.8, 4) is 11.3 Å². The van der Waals surface area contributed by atoms with E-state index in [1.165, 1.54) is 18.4 Å². The summed E-state index contributed by atoms with van der Waals surface area (Å²) in [4.78, 5) is 4.64. The van der Waals surface area contributed by atoms with Crippen molar-refractivity contribution >= 4 is 34.7 Å². The Balaban J connectivity index is 1.99. The second-order valence-corrected chi connectivity index (χ2v) is 6.25. The molecule has 0 amide bonds. The first-order valence-corrected chi connectivity index (χ1v) is 7.62. The summed E-state index contributed by atoms with van der Waals surface area (Å²) in [6.45, 7) is 0. The highest BCUT2D eigenvalue weighted by molar-refractivity contribution is 6.36. The number of halogens is 2. The van der Waals surface area contributed by atoms with Crippen LogP contribution in [0.4, 0.5) is 5.82 Å². The summed E-state index contributed by atoms with van der Waals surface area (Å²) in [6.07, 6.45) is 4.21. The van der Waals surface area contributed by atoms with Crippen LogP contribution in [0.1, 0.15) is 24.3 Å². The van der Waals surface area contributed by atoms with Crippen LogP contribution < -0.4 is 5.73 Å². The molecular formula is C16H13Cl2N3. The van der Waals surface area contributed by atoms with Crippen LogP contribution >= 0.6 is 23.2 Å². The number of pyridine rings is 1. The van der Waals surface area contributed by atoms with Crippen molar-refractivity contribution in [2.24, 2.45) is 0 Å². The molecule has 0 atom stereocenters. The fraction of sp³-hybridized carbons (Fsp3) is 0.188. The summed E-state index contributed by atoms with van der Waals surface area (Å²) in [5.74, 6) is 1.20. The summed E-state index contributed by atoms with van der Waals surface area (Å²) >= 11 is 12.3. The fourth-order valence-electron chi connectivity index (χ4n) is 2.75. The molecule has 5 heteroatoms. The summed E-state index contributed by atoms with van der Waals surface area (Å²) in [5, 5.41) is 1.04. The summed E-state index contributed by atoms with van der Waals surface area (Å²) in [7, 11) is 0. The number of hydrogen-bond donors (Lipinski definition) is 1. The Morgan fingerprint density at radius 3 is 2.71 bits per heavy atom. The summed E-state index contributed by atoms with van der Waals surface area (Å²) in [6, 6.07) is 9.99. The number of nitrogen functional groups attached to an aromatic ring is 1. The average molecular weight is 318 g/mol. The maximum atomic E-state index is 6.28. The number of hydrogen-bond acceptors (Lipinski definition) is 2. The minimum absolute atomic E-state index is 0.504. The molecule has 3 aromatic rings. The predicted octanol–water partition coefficient (Wildman–Crippen LogP) is 4.77. The fourth-order valence-corrected chi connectivity index (χ4v) is 3.27. The highest BCUT2D eigenvalue weighted by Gasteiger charge is 2.27. The zero-order valence-electron chi connectivity index (χ0n) is 11.2. The van der Waals surface area contributed by atoms with E-state index in [0.717, 1.165) is 11.3 Å². The van der Waals surface area contributed by atoms with Gasteiger partial charge in [0.25, 0.3) is 0 Å². The summed E-state index contributed by atoms with van der Waals surface area (Å²) < 4.78 is 1.75. The number of nitrogens with zero attached hydrogens (tertiary/aromatic N) is 2. The molecule has 1 aliphatic rings. The van der Waals surface area contributed by atoms with E-state index < -0.39 is 0 Å². The van der Waals surface area contributed by atoms with Crippen LogP contribution in [0.25, 0.3) is 16.9 Å². The zero-order chi connectivity index (χ0) is 14.6. The largest absolute Gasteiger partial charge is 0.383 e. The van der Waals surface area contributed by atoms with Gasteiger partial charge in [-0.05, 0) is 30.4 Å². The maximum absolute atomic E-state index is 6.28. The maximum Gasteiger partial charge on any atom is 0.158 e. The Morgan fingerprint density at radius 2 is 1.95 bits per heavy atom.